The minimum atomic E-state index is -1.86. The van der Waals surface area contributed by atoms with E-state index < -0.39 is 46.2 Å². The number of hydrogen-bond acceptors (Lipinski definition) is 2. The average Bonchev–Trinajstić information content (AvgIpc) is 3.08. The molecule has 8 heteroatoms. The first-order valence-electron chi connectivity index (χ1n) is 5.17. The Morgan fingerprint density at radius 2 is 1.58 bits per heavy atom. The van der Waals surface area contributed by atoms with Gasteiger partial charge in [-0.15, -0.1) is 0 Å². The quantitative estimate of drug-likeness (QED) is 0.651. The van der Waals surface area contributed by atoms with E-state index >= 15 is 0 Å². The third-order valence-corrected chi connectivity index (χ3v) is 2.85. The van der Waals surface area contributed by atoms with Gasteiger partial charge in [-0.3, -0.25) is 4.79 Å². The number of rotatable bonds is 3. The van der Waals surface area contributed by atoms with E-state index in [1.165, 1.54) is 0 Å². The third kappa shape index (κ3) is 2.13. The summed E-state index contributed by atoms with van der Waals surface area (Å²) in [5.74, 6) is -10.1. The largest absolute Gasteiger partial charge is 0.480 e. The summed E-state index contributed by atoms with van der Waals surface area (Å²) >= 11 is 0. The van der Waals surface area contributed by atoms with Crippen molar-refractivity contribution >= 4 is 11.9 Å². The molecule has 0 spiro atoms. The molecule has 0 aliphatic heterocycles. The highest BCUT2D eigenvalue weighted by molar-refractivity contribution is 5.99. The van der Waals surface area contributed by atoms with Crippen LogP contribution in [-0.4, -0.2) is 22.5 Å². The van der Waals surface area contributed by atoms with Crippen molar-refractivity contribution in [2.24, 2.45) is 0 Å². The fourth-order valence-corrected chi connectivity index (χ4v) is 1.57. The van der Waals surface area contributed by atoms with Crippen molar-refractivity contribution in [3.05, 3.63) is 34.9 Å². The molecule has 1 aliphatic carbocycles. The zero-order chi connectivity index (χ0) is 14.4. The van der Waals surface area contributed by atoms with Gasteiger partial charge in [0.1, 0.15) is 11.1 Å². The molecule has 1 aromatic rings. The molecular weight excluding hydrogens is 270 g/mol. The monoisotopic (exact) mass is 277 g/mol. The predicted molar refractivity (Wildman–Crippen MR) is 53.3 cm³/mol. The molecule has 1 amide bonds. The Balaban J connectivity index is 2.37. The van der Waals surface area contributed by atoms with Gasteiger partial charge in [-0.2, -0.15) is 0 Å². The van der Waals surface area contributed by atoms with Crippen LogP contribution in [0, 0.1) is 23.3 Å². The van der Waals surface area contributed by atoms with Crippen molar-refractivity contribution in [3.63, 3.8) is 0 Å². The zero-order valence-corrected chi connectivity index (χ0v) is 9.27. The lowest BCUT2D eigenvalue weighted by Gasteiger charge is -2.13. The Morgan fingerprint density at radius 1 is 1.11 bits per heavy atom. The van der Waals surface area contributed by atoms with Crippen molar-refractivity contribution in [1.29, 1.82) is 0 Å². The first-order valence-corrected chi connectivity index (χ1v) is 5.17. The van der Waals surface area contributed by atoms with Crippen molar-refractivity contribution in [2.75, 3.05) is 0 Å². The molecule has 102 valence electrons. The van der Waals surface area contributed by atoms with E-state index in [1.807, 2.05) is 5.32 Å². The number of halogens is 4. The second-order valence-electron chi connectivity index (χ2n) is 4.18. The number of benzene rings is 1. The highest BCUT2D eigenvalue weighted by Crippen LogP contribution is 2.36. The van der Waals surface area contributed by atoms with Crippen LogP contribution in [-0.2, 0) is 4.79 Å². The second-order valence-corrected chi connectivity index (χ2v) is 4.18. The first kappa shape index (κ1) is 13.3. The summed E-state index contributed by atoms with van der Waals surface area (Å²) in [5, 5.41) is 10.7. The molecule has 2 N–H and O–H groups in total. The van der Waals surface area contributed by atoms with Gasteiger partial charge in [-0.05, 0) is 12.8 Å². The molecule has 0 heterocycles. The Morgan fingerprint density at radius 3 is 1.95 bits per heavy atom. The summed E-state index contributed by atoms with van der Waals surface area (Å²) in [6.45, 7) is 0. The summed E-state index contributed by atoms with van der Waals surface area (Å²) in [6.07, 6.45) is 0.157. The fraction of sp³-hybridized carbons (Fsp3) is 0.273. The van der Waals surface area contributed by atoms with Gasteiger partial charge in [0.05, 0.1) is 0 Å². The Bertz CT molecular complexity index is 558. The van der Waals surface area contributed by atoms with Crippen molar-refractivity contribution in [3.8, 4) is 0 Å². The van der Waals surface area contributed by atoms with Crippen LogP contribution in [0.3, 0.4) is 0 Å². The number of nitrogens with one attached hydrogen (secondary N) is 1. The number of aliphatic carboxylic acids is 1. The topological polar surface area (TPSA) is 66.4 Å². The summed E-state index contributed by atoms with van der Waals surface area (Å²) in [5.41, 5.74) is -3.08. The van der Waals surface area contributed by atoms with E-state index in [-0.39, 0.29) is 18.9 Å². The lowest BCUT2D eigenvalue weighted by atomic mass is 10.1. The minimum Gasteiger partial charge on any atom is -0.480 e. The maximum atomic E-state index is 13.3. The zero-order valence-electron chi connectivity index (χ0n) is 9.27. The van der Waals surface area contributed by atoms with E-state index in [0.717, 1.165) is 0 Å². The van der Waals surface area contributed by atoms with Crippen LogP contribution < -0.4 is 5.32 Å². The van der Waals surface area contributed by atoms with Crippen molar-refractivity contribution in [1.82, 2.24) is 5.32 Å². The SMILES string of the molecule is O=C(NC1(C(=O)O)CC1)c1c(F)c(F)cc(F)c1F. The van der Waals surface area contributed by atoms with Crippen molar-refractivity contribution < 1.29 is 32.3 Å². The van der Waals surface area contributed by atoms with E-state index in [4.69, 9.17) is 5.11 Å². The second kappa shape index (κ2) is 4.22. The molecule has 1 aromatic carbocycles. The van der Waals surface area contributed by atoms with Gasteiger partial charge in [0.25, 0.3) is 5.91 Å². The van der Waals surface area contributed by atoms with Gasteiger partial charge in [0, 0.05) is 6.07 Å². The number of carbonyl (C=O) groups is 2. The number of carboxylic acid groups (broad SMARTS) is 1. The average molecular weight is 277 g/mol. The molecule has 4 nitrogen and oxygen atoms in total. The predicted octanol–water partition coefficient (Wildman–Crippen LogP) is 1.59. The highest BCUT2D eigenvalue weighted by Gasteiger charge is 2.52. The van der Waals surface area contributed by atoms with E-state index in [9.17, 15) is 27.2 Å². The molecule has 1 saturated carbocycles. The number of carbonyl (C=O) groups excluding carboxylic acids is 1. The Labute approximate surface area is 104 Å². The molecule has 0 saturated heterocycles. The molecule has 0 atom stereocenters. The summed E-state index contributed by atoms with van der Waals surface area (Å²) in [6, 6.07) is -0.0362. The van der Waals surface area contributed by atoms with Crippen LogP contribution in [0.2, 0.25) is 0 Å². The van der Waals surface area contributed by atoms with Gasteiger partial charge >= 0.3 is 5.97 Å². The first-order chi connectivity index (χ1) is 8.78. The summed E-state index contributed by atoms with van der Waals surface area (Å²) in [4.78, 5) is 22.4. The van der Waals surface area contributed by atoms with E-state index in [0.29, 0.717) is 0 Å². The van der Waals surface area contributed by atoms with Gasteiger partial charge in [0.15, 0.2) is 23.3 Å². The molecule has 0 radical (unpaired) electrons. The van der Waals surface area contributed by atoms with Crippen molar-refractivity contribution in [2.45, 2.75) is 18.4 Å². The molecule has 0 unspecified atom stereocenters. The lowest BCUT2D eigenvalue weighted by Crippen LogP contribution is -2.43. The number of hydrogen-bond donors (Lipinski definition) is 2. The Hall–Kier alpha value is -2.12. The van der Waals surface area contributed by atoms with Crippen LogP contribution in [0.25, 0.3) is 0 Å². The standard InChI is InChI=1S/C11H7F4NO3/c12-4-3-5(13)8(15)6(7(4)14)9(17)16-11(1-2-11)10(18)19/h3H,1-2H2,(H,16,17)(H,18,19). The molecule has 19 heavy (non-hydrogen) atoms. The van der Waals surface area contributed by atoms with Crippen LogP contribution in [0.15, 0.2) is 6.07 Å². The van der Waals surface area contributed by atoms with Crippen LogP contribution >= 0.6 is 0 Å². The third-order valence-electron chi connectivity index (χ3n) is 2.85. The van der Waals surface area contributed by atoms with E-state index in [2.05, 4.69) is 0 Å². The number of carboxylic acids is 1. The molecule has 0 aromatic heterocycles. The summed E-state index contributed by atoms with van der Waals surface area (Å²) < 4.78 is 52.4. The van der Waals surface area contributed by atoms with Gasteiger partial charge in [-0.25, -0.2) is 22.4 Å². The molecule has 1 aliphatic rings. The van der Waals surface area contributed by atoms with Crippen LogP contribution in [0.1, 0.15) is 23.2 Å². The van der Waals surface area contributed by atoms with Crippen LogP contribution in [0.4, 0.5) is 17.6 Å². The van der Waals surface area contributed by atoms with Gasteiger partial charge < -0.3 is 10.4 Å². The van der Waals surface area contributed by atoms with Gasteiger partial charge in [0.2, 0.25) is 0 Å². The van der Waals surface area contributed by atoms with E-state index in [1.54, 1.807) is 0 Å². The normalized spacial score (nSPS) is 16.0. The molecular formula is C11H7F4NO3. The smallest absolute Gasteiger partial charge is 0.329 e. The fourth-order valence-electron chi connectivity index (χ4n) is 1.57. The maximum absolute atomic E-state index is 13.3. The van der Waals surface area contributed by atoms with Crippen LogP contribution in [0.5, 0.6) is 0 Å². The molecule has 2 rings (SSSR count). The maximum Gasteiger partial charge on any atom is 0.329 e. The number of amides is 1. The molecule has 0 bridgehead atoms. The lowest BCUT2D eigenvalue weighted by molar-refractivity contribution is -0.140. The molecule has 1 fully saturated rings. The van der Waals surface area contributed by atoms with Gasteiger partial charge in [-0.1, -0.05) is 0 Å². The highest BCUT2D eigenvalue weighted by atomic mass is 19.2. The summed E-state index contributed by atoms with van der Waals surface area (Å²) in [7, 11) is 0. The minimum absolute atomic E-state index is 0.0362. The Kier molecular flexibility index (Phi) is 2.95.